The molecule has 0 radical (unpaired) electrons. The normalized spacial score (nSPS) is 10.5. The lowest BCUT2D eigenvalue weighted by Gasteiger charge is -1.97. The first-order chi connectivity index (χ1) is 5.77. The van der Waals surface area contributed by atoms with Gasteiger partial charge in [-0.2, -0.15) is 10.2 Å². The third-order valence-electron chi connectivity index (χ3n) is 1.55. The molecule has 2 aromatic rings. The van der Waals surface area contributed by atoms with Crippen LogP contribution in [0.2, 0.25) is 5.02 Å². The van der Waals surface area contributed by atoms with Crippen LogP contribution in [0.3, 0.4) is 0 Å². The summed E-state index contributed by atoms with van der Waals surface area (Å²) in [5.41, 5.74) is 0.836. The third-order valence-corrected chi connectivity index (χ3v) is 2.52. The van der Waals surface area contributed by atoms with Crippen molar-refractivity contribution in [3.8, 4) is 0 Å². The van der Waals surface area contributed by atoms with E-state index in [-0.39, 0.29) is 0 Å². The quantitative estimate of drug-likeness (QED) is 0.697. The molecule has 1 aromatic carbocycles. The molecule has 60 valence electrons. The summed E-state index contributed by atoms with van der Waals surface area (Å²) in [5.74, 6) is 0. The van der Waals surface area contributed by atoms with Gasteiger partial charge in [-0.3, -0.25) is 0 Å². The minimum atomic E-state index is 0.651. The Kier molecular flexibility index (Phi) is 2.14. The predicted molar refractivity (Wildman–Crippen MR) is 57.3 cm³/mol. The fourth-order valence-electron chi connectivity index (χ4n) is 0.998. The van der Waals surface area contributed by atoms with E-state index in [0.29, 0.717) is 5.02 Å². The zero-order valence-corrected chi connectivity index (χ0v) is 8.87. The van der Waals surface area contributed by atoms with Gasteiger partial charge in [-0.1, -0.05) is 11.6 Å². The monoisotopic (exact) mass is 290 g/mol. The lowest BCUT2D eigenvalue weighted by Crippen LogP contribution is -1.84. The molecule has 2 rings (SSSR count). The zero-order chi connectivity index (χ0) is 8.55. The fourth-order valence-corrected chi connectivity index (χ4v) is 1.68. The van der Waals surface area contributed by atoms with Crippen LogP contribution in [0.4, 0.5) is 0 Å². The van der Waals surface area contributed by atoms with Crippen molar-refractivity contribution in [2.75, 3.05) is 0 Å². The molecule has 0 saturated carbocycles. The van der Waals surface area contributed by atoms with Crippen molar-refractivity contribution in [2.24, 2.45) is 0 Å². The zero-order valence-electron chi connectivity index (χ0n) is 5.96. The second-order valence-corrected chi connectivity index (χ2v) is 4.01. The molecule has 0 spiro atoms. The van der Waals surface area contributed by atoms with E-state index in [1.807, 2.05) is 18.2 Å². The van der Waals surface area contributed by atoms with Gasteiger partial charge in [0.15, 0.2) is 0 Å². The topological polar surface area (TPSA) is 25.8 Å². The third kappa shape index (κ3) is 1.38. The second kappa shape index (κ2) is 3.14. The molecule has 0 atom stereocenters. The van der Waals surface area contributed by atoms with Crippen LogP contribution in [0.15, 0.2) is 24.4 Å². The number of halogens is 2. The van der Waals surface area contributed by atoms with Gasteiger partial charge in [-0.05, 0) is 40.8 Å². The molecule has 0 aliphatic heterocycles. The Morgan fingerprint density at radius 3 is 3.00 bits per heavy atom. The van der Waals surface area contributed by atoms with E-state index in [1.54, 1.807) is 6.20 Å². The first kappa shape index (κ1) is 8.19. The highest BCUT2D eigenvalue weighted by Crippen LogP contribution is 2.21. The van der Waals surface area contributed by atoms with Crippen LogP contribution >= 0.6 is 34.2 Å². The Balaban J connectivity index is 2.88. The van der Waals surface area contributed by atoms with Gasteiger partial charge in [-0.25, -0.2) is 0 Å². The van der Waals surface area contributed by atoms with E-state index < -0.39 is 0 Å². The molecule has 0 N–H and O–H groups in total. The van der Waals surface area contributed by atoms with E-state index in [9.17, 15) is 0 Å². The van der Waals surface area contributed by atoms with Gasteiger partial charge in [0.25, 0.3) is 0 Å². The van der Waals surface area contributed by atoms with E-state index in [1.165, 1.54) is 0 Å². The summed E-state index contributed by atoms with van der Waals surface area (Å²) in [6.07, 6.45) is 1.56. The van der Waals surface area contributed by atoms with Gasteiger partial charge in [0.1, 0.15) is 0 Å². The maximum atomic E-state index is 5.92. The van der Waals surface area contributed by atoms with Crippen molar-refractivity contribution in [1.82, 2.24) is 10.2 Å². The number of hydrogen-bond acceptors (Lipinski definition) is 2. The molecule has 12 heavy (non-hydrogen) atoms. The Labute approximate surface area is 88.1 Å². The molecule has 1 heterocycles. The molecule has 0 aliphatic rings. The van der Waals surface area contributed by atoms with Gasteiger partial charge in [0, 0.05) is 8.96 Å². The van der Waals surface area contributed by atoms with E-state index in [0.717, 1.165) is 14.5 Å². The standard InChI is InChI=1S/C8H4ClIN2/c9-7-4-11-12-8-2-1-5(10)3-6(7)8/h1-4H. The summed E-state index contributed by atoms with van der Waals surface area (Å²) >= 11 is 8.16. The van der Waals surface area contributed by atoms with Crippen LogP contribution < -0.4 is 0 Å². The number of rotatable bonds is 0. The maximum absolute atomic E-state index is 5.92. The van der Waals surface area contributed by atoms with Gasteiger partial charge < -0.3 is 0 Å². The number of nitrogens with zero attached hydrogens (tertiary/aromatic N) is 2. The fraction of sp³-hybridized carbons (Fsp3) is 0. The molecule has 0 aliphatic carbocycles. The summed E-state index contributed by atoms with van der Waals surface area (Å²) in [7, 11) is 0. The van der Waals surface area contributed by atoms with Crippen LogP contribution in [-0.2, 0) is 0 Å². The summed E-state index contributed by atoms with van der Waals surface area (Å²) in [5, 5.41) is 9.31. The van der Waals surface area contributed by atoms with Crippen LogP contribution in [-0.4, -0.2) is 10.2 Å². The van der Waals surface area contributed by atoms with Crippen molar-refractivity contribution in [2.45, 2.75) is 0 Å². The number of hydrogen-bond donors (Lipinski definition) is 0. The van der Waals surface area contributed by atoms with Crippen molar-refractivity contribution in [3.05, 3.63) is 33.0 Å². The highest BCUT2D eigenvalue weighted by Gasteiger charge is 1.99. The van der Waals surface area contributed by atoms with Crippen molar-refractivity contribution in [3.63, 3.8) is 0 Å². The van der Waals surface area contributed by atoms with Crippen LogP contribution in [0.25, 0.3) is 10.9 Å². The molecule has 0 saturated heterocycles. The average Bonchev–Trinajstić information content (AvgIpc) is 2.07. The maximum Gasteiger partial charge on any atom is 0.0945 e. The Morgan fingerprint density at radius 2 is 2.17 bits per heavy atom. The molecular weight excluding hydrogens is 286 g/mol. The van der Waals surface area contributed by atoms with E-state index in [2.05, 4.69) is 32.8 Å². The largest absolute Gasteiger partial charge is 0.157 e. The smallest absolute Gasteiger partial charge is 0.0945 e. The molecule has 4 heteroatoms. The summed E-state index contributed by atoms with van der Waals surface area (Å²) < 4.78 is 1.15. The lowest BCUT2D eigenvalue weighted by molar-refractivity contribution is 1.08. The SMILES string of the molecule is Clc1cnnc2ccc(I)cc12. The van der Waals surface area contributed by atoms with Crippen molar-refractivity contribution < 1.29 is 0 Å². The molecular formula is C8H4ClIN2. The Hall–Kier alpha value is -0.420. The second-order valence-electron chi connectivity index (χ2n) is 2.35. The van der Waals surface area contributed by atoms with Crippen LogP contribution in [0.1, 0.15) is 0 Å². The molecule has 2 nitrogen and oxygen atoms in total. The molecule has 0 unspecified atom stereocenters. The van der Waals surface area contributed by atoms with Gasteiger partial charge in [0.05, 0.1) is 16.7 Å². The van der Waals surface area contributed by atoms with Crippen molar-refractivity contribution in [1.29, 1.82) is 0 Å². The Morgan fingerprint density at radius 1 is 1.33 bits per heavy atom. The van der Waals surface area contributed by atoms with Gasteiger partial charge in [-0.15, -0.1) is 0 Å². The van der Waals surface area contributed by atoms with Crippen LogP contribution in [0.5, 0.6) is 0 Å². The Bertz CT molecular complexity index is 430. The highest BCUT2D eigenvalue weighted by atomic mass is 127. The van der Waals surface area contributed by atoms with Gasteiger partial charge in [0.2, 0.25) is 0 Å². The lowest BCUT2D eigenvalue weighted by atomic mass is 10.2. The molecule has 0 amide bonds. The summed E-state index contributed by atoms with van der Waals surface area (Å²) in [6, 6.07) is 5.89. The minimum Gasteiger partial charge on any atom is -0.157 e. The van der Waals surface area contributed by atoms with E-state index >= 15 is 0 Å². The highest BCUT2D eigenvalue weighted by molar-refractivity contribution is 14.1. The number of aromatic nitrogens is 2. The molecule has 0 bridgehead atoms. The summed E-state index contributed by atoms with van der Waals surface area (Å²) in [6.45, 7) is 0. The van der Waals surface area contributed by atoms with Gasteiger partial charge >= 0.3 is 0 Å². The molecule has 0 fully saturated rings. The van der Waals surface area contributed by atoms with Crippen LogP contribution in [0, 0.1) is 3.57 Å². The first-order valence-corrected chi connectivity index (χ1v) is 4.79. The number of fused-ring (bicyclic) bond motifs is 1. The minimum absolute atomic E-state index is 0.651. The van der Waals surface area contributed by atoms with Crippen molar-refractivity contribution >= 4 is 45.1 Å². The number of benzene rings is 1. The van der Waals surface area contributed by atoms with E-state index in [4.69, 9.17) is 11.6 Å². The molecule has 1 aromatic heterocycles. The average molecular weight is 290 g/mol. The summed E-state index contributed by atoms with van der Waals surface area (Å²) in [4.78, 5) is 0. The predicted octanol–water partition coefficient (Wildman–Crippen LogP) is 2.89. The first-order valence-electron chi connectivity index (χ1n) is 3.34.